The first kappa shape index (κ1) is 15.1. The van der Waals surface area contributed by atoms with Gasteiger partial charge in [0.15, 0.2) is 0 Å². The molecular weight excluding hydrogens is 274 g/mol. The second-order valence-electron chi connectivity index (χ2n) is 5.62. The molecule has 1 saturated carbocycles. The Hall–Kier alpha value is -1.27. The maximum absolute atomic E-state index is 11.7. The first-order valence-corrected chi connectivity index (χ1v) is 8.43. The van der Waals surface area contributed by atoms with E-state index in [4.69, 9.17) is 5.73 Å². The van der Waals surface area contributed by atoms with Crippen molar-refractivity contribution in [2.75, 3.05) is 18.1 Å². The predicted octanol–water partition coefficient (Wildman–Crippen LogP) is 2.02. The van der Waals surface area contributed by atoms with Gasteiger partial charge in [0.1, 0.15) is 0 Å². The summed E-state index contributed by atoms with van der Waals surface area (Å²) in [5.41, 5.74) is 7.25. The fourth-order valence-electron chi connectivity index (χ4n) is 2.73. The summed E-state index contributed by atoms with van der Waals surface area (Å²) in [6.07, 6.45) is 2.34. The molecule has 0 aliphatic heterocycles. The quantitative estimate of drug-likeness (QED) is 0.742. The fraction of sp³-hybridized carbons (Fsp3) is 0.571. The minimum absolute atomic E-state index is 0.191. The molecule has 20 heavy (non-hydrogen) atoms. The number of hydrogen-bond acceptors (Lipinski definition) is 4. The van der Waals surface area contributed by atoms with E-state index < -0.39 is 10.0 Å². The van der Waals surface area contributed by atoms with Gasteiger partial charge in [-0.1, -0.05) is 13.8 Å². The monoisotopic (exact) mass is 297 g/mol. The zero-order chi connectivity index (χ0) is 14.9. The van der Waals surface area contributed by atoms with Gasteiger partial charge in [0, 0.05) is 6.04 Å². The summed E-state index contributed by atoms with van der Waals surface area (Å²) in [4.78, 5) is 0.191. The van der Waals surface area contributed by atoms with E-state index in [1.165, 1.54) is 19.5 Å². The summed E-state index contributed by atoms with van der Waals surface area (Å²) in [6.45, 7) is 4.50. The van der Waals surface area contributed by atoms with Gasteiger partial charge in [-0.3, -0.25) is 0 Å². The maximum Gasteiger partial charge on any atom is 0.240 e. The molecule has 5 nitrogen and oxygen atoms in total. The zero-order valence-corrected chi connectivity index (χ0v) is 13.0. The van der Waals surface area contributed by atoms with E-state index in [0.717, 1.165) is 12.1 Å². The van der Waals surface area contributed by atoms with Crippen molar-refractivity contribution in [3.8, 4) is 0 Å². The molecule has 1 aliphatic rings. The first-order valence-electron chi connectivity index (χ1n) is 6.94. The molecule has 3 atom stereocenters. The lowest BCUT2D eigenvalue weighted by Crippen LogP contribution is -2.24. The Morgan fingerprint density at radius 1 is 1.25 bits per heavy atom. The fourth-order valence-corrected chi connectivity index (χ4v) is 3.49. The summed E-state index contributed by atoms with van der Waals surface area (Å²) < 4.78 is 25.7. The van der Waals surface area contributed by atoms with Crippen molar-refractivity contribution in [1.29, 1.82) is 0 Å². The maximum atomic E-state index is 11.7. The molecule has 1 aliphatic carbocycles. The van der Waals surface area contributed by atoms with Crippen molar-refractivity contribution in [2.45, 2.75) is 37.6 Å². The number of hydrogen-bond donors (Lipinski definition) is 3. The standard InChI is InChI=1S/C14H23N3O2S/c1-9-4-6-13(10(9)2)17-14-7-5-11(8-12(14)15)20(18,19)16-3/h5,7-10,13,16-17H,4,6,15H2,1-3H3. The summed E-state index contributed by atoms with van der Waals surface area (Å²) in [5.74, 6) is 1.30. The molecule has 4 N–H and O–H groups in total. The third-order valence-corrected chi connectivity index (χ3v) is 5.82. The van der Waals surface area contributed by atoms with E-state index in [-0.39, 0.29) is 4.90 Å². The van der Waals surface area contributed by atoms with Crippen LogP contribution >= 0.6 is 0 Å². The van der Waals surface area contributed by atoms with Crippen molar-refractivity contribution in [1.82, 2.24) is 4.72 Å². The highest BCUT2D eigenvalue weighted by Crippen LogP contribution is 2.34. The highest BCUT2D eigenvalue weighted by Gasteiger charge is 2.29. The summed E-state index contributed by atoms with van der Waals surface area (Å²) in [6, 6.07) is 5.22. The van der Waals surface area contributed by atoms with Crippen LogP contribution in [-0.2, 0) is 10.0 Å². The third-order valence-electron chi connectivity index (χ3n) is 4.41. The van der Waals surface area contributed by atoms with Gasteiger partial charge in [-0.2, -0.15) is 0 Å². The molecule has 0 spiro atoms. The van der Waals surface area contributed by atoms with Gasteiger partial charge in [-0.05, 0) is 49.9 Å². The van der Waals surface area contributed by atoms with Crippen LogP contribution in [0.15, 0.2) is 23.1 Å². The molecular formula is C14H23N3O2S. The van der Waals surface area contributed by atoms with Crippen LogP contribution in [0.2, 0.25) is 0 Å². The van der Waals surface area contributed by atoms with Crippen molar-refractivity contribution in [3.05, 3.63) is 18.2 Å². The second kappa shape index (κ2) is 5.61. The summed E-state index contributed by atoms with van der Waals surface area (Å²) in [5, 5.41) is 3.45. The average molecular weight is 297 g/mol. The van der Waals surface area contributed by atoms with Crippen molar-refractivity contribution < 1.29 is 8.42 Å². The minimum Gasteiger partial charge on any atom is -0.397 e. The Kier molecular flexibility index (Phi) is 4.25. The molecule has 0 saturated heterocycles. The smallest absolute Gasteiger partial charge is 0.240 e. The number of nitrogens with two attached hydrogens (primary N) is 1. The van der Waals surface area contributed by atoms with Gasteiger partial charge in [0.2, 0.25) is 10.0 Å². The van der Waals surface area contributed by atoms with Crippen molar-refractivity contribution in [3.63, 3.8) is 0 Å². The first-order chi connectivity index (χ1) is 9.35. The second-order valence-corrected chi connectivity index (χ2v) is 7.51. The van der Waals surface area contributed by atoms with Gasteiger partial charge >= 0.3 is 0 Å². The molecule has 1 fully saturated rings. The molecule has 0 heterocycles. The normalized spacial score (nSPS) is 26.6. The number of nitrogens with one attached hydrogen (secondary N) is 2. The molecule has 112 valence electrons. The largest absolute Gasteiger partial charge is 0.397 e. The minimum atomic E-state index is -3.44. The lowest BCUT2D eigenvalue weighted by atomic mass is 9.97. The zero-order valence-electron chi connectivity index (χ0n) is 12.2. The van der Waals surface area contributed by atoms with Crippen molar-refractivity contribution >= 4 is 21.4 Å². The Labute approximate surface area is 121 Å². The highest BCUT2D eigenvalue weighted by atomic mass is 32.2. The Balaban J connectivity index is 2.19. The predicted molar refractivity (Wildman–Crippen MR) is 82.1 cm³/mol. The third kappa shape index (κ3) is 2.91. The molecule has 3 unspecified atom stereocenters. The number of benzene rings is 1. The lowest BCUT2D eigenvalue weighted by molar-refractivity contribution is 0.435. The van der Waals surface area contributed by atoms with Crippen LogP contribution in [0.5, 0.6) is 0 Å². The van der Waals surface area contributed by atoms with Crippen LogP contribution in [0.25, 0.3) is 0 Å². The molecule has 0 aromatic heterocycles. The van der Waals surface area contributed by atoms with Gasteiger partial charge in [0.25, 0.3) is 0 Å². The molecule has 1 aromatic carbocycles. The van der Waals surface area contributed by atoms with Crippen LogP contribution < -0.4 is 15.8 Å². The Bertz CT molecular complexity index is 586. The molecule has 0 bridgehead atoms. The van der Waals surface area contributed by atoms with Gasteiger partial charge in [0.05, 0.1) is 16.3 Å². The van der Waals surface area contributed by atoms with Gasteiger partial charge in [-0.15, -0.1) is 0 Å². The number of nitrogen functional groups attached to an aromatic ring is 1. The SMILES string of the molecule is CNS(=O)(=O)c1ccc(NC2CCC(C)C2C)c(N)c1. The highest BCUT2D eigenvalue weighted by molar-refractivity contribution is 7.89. The molecule has 1 aromatic rings. The summed E-state index contributed by atoms with van der Waals surface area (Å²) >= 11 is 0. The van der Waals surface area contributed by atoms with Crippen LogP contribution in [-0.4, -0.2) is 21.5 Å². The van der Waals surface area contributed by atoms with Crippen LogP contribution in [0.1, 0.15) is 26.7 Å². The van der Waals surface area contributed by atoms with Crippen LogP contribution in [0.3, 0.4) is 0 Å². The molecule has 0 amide bonds. The van der Waals surface area contributed by atoms with Crippen LogP contribution in [0, 0.1) is 11.8 Å². The average Bonchev–Trinajstić information content (AvgIpc) is 2.73. The number of sulfonamides is 1. The Morgan fingerprint density at radius 3 is 2.45 bits per heavy atom. The molecule has 6 heteroatoms. The van der Waals surface area contributed by atoms with Crippen LogP contribution in [0.4, 0.5) is 11.4 Å². The van der Waals surface area contributed by atoms with E-state index >= 15 is 0 Å². The topological polar surface area (TPSA) is 84.2 Å². The lowest BCUT2D eigenvalue weighted by Gasteiger charge is -2.22. The van der Waals surface area contributed by atoms with Gasteiger partial charge in [-0.25, -0.2) is 13.1 Å². The van der Waals surface area contributed by atoms with E-state index in [0.29, 0.717) is 23.6 Å². The van der Waals surface area contributed by atoms with Crippen molar-refractivity contribution in [2.24, 2.45) is 11.8 Å². The Morgan fingerprint density at radius 2 is 1.95 bits per heavy atom. The number of rotatable bonds is 4. The number of anilines is 2. The van der Waals surface area contributed by atoms with E-state index in [9.17, 15) is 8.42 Å². The molecule has 2 rings (SSSR count). The summed E-state index contributed by atoms with van der Waals surface area (Å²) in [7, 11) is -2.05. The van der Waals surface area contributed by atoms with E-state index in [2.05, 4.69) is 23.9 Å². The van der Waals surface area contributed by atoms with E-state index in [1.54, 1.807) is 12.1 Å². The van der Waals surface area contributed by atoms with E-state index in [1.807, 2.05) is 0 Å². The van der Waals surface area contributed by atoms with Gasteiger partial charge < -0.3 is 11.1 Å². The molecule has 0 radical (unpaired) electrons.